The van der Waals surface area contributed by atoms with Gasteiger partial charge in [-0.2, -0.15) is 0 Å². The molecule has 3 rings (SSSR count). The molecule has 0 aliphatic carbocycles. The number of hydrogen-bond donors (Lipinski definition) is 1. The summed E-state index contributed by atoms with van der Waals surface area (Å²) in [6, 6.07) is 8.44. The summed E-state index contributed by atoms with van der Waals surface area (Å²) >= 11 is 13.5. The van der Waals surface area contributed by atoms with E-state index in [0.717, 1.165) is 0 Å². The molecule has 1 atom stereocenters. The van der Waals surface area contributed by atoms with Crippen LogP contribution < -0.4 is 5.32 Å². The fourth-order valence-electron chi connectivity index (χ4n) is 2.47. The minimum absolute atomic E-state index is 0.0615. The number of nitrogens with one attached hydrogen (secondary N) is 1. The number of fused-ring (bicyclic) bond motifs is 1. The van der Waals surface area contributed by atoms with Crippen molar-refractivity contribution < 1.29 is 9.59 Å². The number of anilines is 1. The molecule has 2 aromatic heterocycles. The van der Waals surface area contributed by atoms with Crippen LogP contribution in [0.2, 0.25) is 10.0 Å². The summed E-state index contributed by atoms with van der Waals surface area (Å²) in [7, 11) is 0. The number of nitrogens with zero attached hydrogens (tertiary/aromatic N) is 3. The van der Waals surface area contributed by atoms with Crippen LogP contribution in [0.4, 0.5) is 5.69 Å². The van der Waals surface area contributed by atoms with E-state index in [1.807, 2.05) is 20.8 Å². The van der Waals surface area contributed by atoms with Crippen molar-refractivity contribution in [2.45, 2.75) is 38.1 Å². The fourth-order valence-corrected chi connectivity index (χ4v) is 3.87. The maximum Gasteiger partial charge on any atom is 0.229 e. The Balaban J connectivity index is 1.73. The minimum Gasteiger partial charge on any atom is -0.326 e. The second kappa shape index (κ2) is 8.34. The molecule has 1 aromatic carbocycles. The number of carbonyl (C=O) groups excluding carboxylic acids is 2. The first-order chi connectivity index (χ1) is 13.6. The average molecular weight is 451 g/mol. The van der Waals surface area contributed by atoms with Gasteiger partial charge in [0.25, 0.3) is 0 Å². The summed E-state index contributed by atoms with van der Waals surface area (Å²) in [6.07, 6.45) is 1.66. The molecule has 0 bridgehead atoms. The molecule has 0 radical (unpaired) electrons. The van der Waals surface area contributed by atoms with E-state index in [-0.39, 0.29) is 11.7 Å². The second-order valence-electron chi connectivity index (χ2n) is 7.59. The smallest absolute Gasteiger partial charge is 0.229 e. The lowest BCUT2D eigenvalue weighted by Gasteiger charge is -2.17. The van der Waals surface area contributed by atoms with Crippen LogP contribution in [0.5, 0.6) is 0 Å². The van der Waals surface area contributed by atoms with Crippen LogP contribution in [0.3, 0.4) is 0 Å². The van der Waals surface area contributed by atoms with Gasteiger partial charge in [-0.25, -0.2) is 0 Å². The molecule has 9 heteroatoms. The number of thioether (sulfide) groups is 1. The lowest BCUT2D eigenvalue weighted by molar-refractivity contribution is -0.123. The number of hydrogen-bond acceptors (Lipinski definition) is 5. The molecule has 0 fully saturated rings. The highest BCUT2D eigenvalue weighted by molar-refractivity contribution is 8.00. The number of benzene rings is 1. The zero-order chi connectivity index (χ0) is 21.3. The predicted molar refractivity (Wildman–Crippen MR) is 117 cm³/mol. The zero-order valence-electron chi connectivity index (χ0n) is 16.4. The molecular weight excluding hydrogens is 431 g/mol. The lowest BCUT2D eigenvalue weighted by atomic mass is 9.95. The molecule has 0 aliphatic heterocycles. The van der Waals surface area contributed by atoms with E-state index in [4.69, 9.17) is 23.2 Å². The van der Waals surface area contributed by atoms with Crippen molar-refractivity contribution in [2.75, 3.05) is 5.32 Å². The standard InChI is InChI=1S/C20H20Cl2N4O2S/c1-11(29-19-25-24-17-15(22)9-13(21)10-26(17)19)16(27)12-5-7-14(8-6-12)23-18(28)20(2,3)4/h5-11H,1-4H3,(H,23,28). The van der Waals surface area contributed by atoms with Gasteiger partial charge in [-0.3, -0.25) is 14.0 Å². The second-order valence-corrected chi connectivity index (χ2v) is 9.74. The third-order valence-electron chi connectivity index (χ3n) is 4.16. The number of ketones is 1. The van der Waals surface area contributed by atoms with E-state index in [0.29, 0.717) is 32.1 Å². The van der Waals surface area contributed by atoms with E-state index >= 15 is 0 Å². The van der Waals surface area contributed by atoms with Crippen LogP contribution in [0.15, 0.2) is 41.7 Å². The van der Waals surface area contributed by atoms with Gasteiger partial charge in [0, 0.05) is 22.9 Å². The summed E-state index contributed by atoms with van der Waals surface area (Å²) in [6.45, 7) is 7.32. The normalized spacial score (nSPS) is 12.8. The molecule has 6 nitrogen and oxygen atoms in total. The molecule has 0 saturated carbocycles. The first-order valence-corrected chi connectivity index (χ1v) is 10.5. The quantitative estimate of drug-likeness (QED) is 0.416. The highest BCUT2D eigenvalue weighted by Gasteiger charge is 2.22. The van der Waals surface area contributed by atoms with Crippen LogP contribution in [0.1, 0.15) is 38.1 Å². The maximum absolute atomic E-state index is 12.8. The Morgan fingerprint density at radius 3 is 2.41 bits per heavy atom. The molecule has 0 aliphatic rings. The summed E-state index contributed by atoms with van der Waals surface area (Å²) in [5.41, 5.74) is 1.18. The van der Waals surface area contributed by atoms with Crippen molar-refractivity contribution in [3.63, 3.8) is 0 Å². The van der Waals surface area contributed by atoms with Crippen LogP contribution in [-0.2, 0) is 4.79 Å². The number of halogens is 2. The Bertz CT molecular complexity index is 1070. The van der Waals surface area contributed by atoms with Crippen molar-refractivity contribution in [1.29, 1.82) is 0 Å². The summed E-state index contributed by atoms with van der Waals surface area (Å²) < 4.78 is 1.67. The van der Waals surface area contributed by atoms with Gasteiger partial charge in [0.2, 0.25) is 5.91 Å². The Morgan fingerprint density at radius 1 is 1.14 bits per heavy atom. The minimum atomic E-state index is -0.494. The van der Waals surface area contributed by atoms with Crippen molar-refractivity contribution in [3.8, 4) is 0 Å². The van der Waals surface area contributed by atoms with Gasteiger partial charge in [0.15, 0.2) is 16.6 Å². The Morgan fingerprint density at radius 2 is 1.79 bits per heavy atom. The van der Waals surface area contributed by atoms with E-state index < -0.39 is 10.7 Å². The number of rotatable bonds is 5. The van der Waals surface area contributed by atoms with Crippen molar-refractivity contribution in [2.24, 2.45) is 5.41 Å². The van der Waals surface area contributed by atoms with Crippen molar-refractivity contribution >= 4 is 58.0 Å². The molecule has 0 saturated heterocycles. The number of pyridine rings is 1. The largest absolute Gasteiger partial charge is 0.326 e. The highest BCUT2D eigenvalue weighted by atomic mass is 35.5. The number of aromatic nitrogens is 3. The SMILES string of the molecule is CC(Sc1nnc2c(Cl)cc(Cl)cn12)C(=O)c1ccc(NC(=O)C(C)(C)C)cc1. The molecule has 1 N–H and O–H groups in total. The monoisotopic (exact) mass is 450 g/mol. The predicted octanol–water partition coefficient (Wildman–Crippen LogP) is 5.38. The van der Waals surface area contributed by atoms with Crippen molar-refractivity contribution in [1.82, 2.24) is 14.6 Å². The molecule has 1 unspecified atom stereocenters. The number of Topliss-reactive ketones (excluding diaryl/α,β-unsaturated/α-hetero) is 1. The molecule has 29 heavy (non-hydrogen) atoms. The van der Waals surface area contributed by atoms with E-state index in [1.165, 1.54) is 11.8 Å². The van der Waals surface area contributed by atoms with Crippen LogP contribution in [-0.4, -0.2) is 31.5 Å². The molecule has 3 aromatic rings. The van der Waals surface area contributed by atoms with Crippen LogP contribution >= 0.6 is 35.0 Å². The fraction of sp³-hybridized carbons (Fsp3) is 0.300. The number of carbonyl (C=O) groups is 2. The van der Waals surface area contributed by atoms with Gasteiger partial charge >= 0.3 is 0 Å². The van der Waals surface area contributed by atoms with Crippen LogP contribution in [0.25, 0.3) is 5.65 Å². The van der Waals surface area contributed by atoms with Crippen LogP contribution in [0, 0.1) is 5.41 Å². The summed E-state index contributed by atoms with van der Waals surface area (Å²) in [5.74, 6) is -0.148. The van der Waals surface area contributed by atoms with Gasteiger partial charge in [-0.1, -0.05) is 55.7 Å². The third-order valence-corrected chi connectivity index (χ3v) is 5.70. The molecule has 1 amide bonds. The van der Waals surface area contributed by atoms with E-state index in [2.05, 4.69) is 15.5 Å². The van der Waals surface area contributed by atoms with E-state index in [1.54, 1.807) is 47.9 Å². The maximum atomic E-state index is 12.8. The zero-order valence-corrected chi connectivity index (χ0v) is 18.7. The summed E-state index contributed by atoms with van der Waals surface area (Å²) in [4.78, 5) is 24.9. The molecule has 0 spiro atoms. The Labute approximate surface area is 183 Å². The third kappa shape index (κ3) is 4.91. The number of amides is 1. The van der Waals surface area contributed by atoms with Gasteiger partial charge in [0.1, 0.15) is 0 Å². The van der Waals surface area contributed by atoms with E-state index in [9.17, 15) is 9.59 Å². The van der Waals surface area contributed by atoms with Gasteiger partial charge in [0.05, 0.1) is 15.3 Å². The Kier molecular flexibility index (Phi) is 6.22. The lowest BCUT2D eigenvalue weighted by Crippen LogP contribution is -2.27. The first kappa shape index (κ1) is 21.6. The van der Waals surface area contributed by atoms with Gasteiger partial charge < -0.3 is 5.32 Å². The molecule has 152 valence electrons. The first-order valence-electron chi connectivity index (χ1n) is 8.88. The van der Waals surface area contributed by atoms with Crippen molar-refractivity contribution in [3.05, 3.63) is 52.1 Å². The molecule has 2 heterocycles. The van der Waals surface area contributed by atoms with Gasteiger partial charge in [-0.05, 0) is 37.3 Å². The van der Waals surface area contributed by atoms with Gasteiger partial charge in [-0.15, -0.1) is 10.2 Å². The average Bonchev–Trinajstić information content (AvgIpc) is 3.04. The highest BCUT2D eigenvalue weighted by Crippen LogP contribution is 2.29. The Hall–Kier alpha value is -2.09. The molecular formula is C20H20Cl2N4O2S. The summed E-state index contributed by atoms with van der Waals surface area (Å²) in [5, 5.41) is 12.0. The topological polar surface area (TPSA) is 76.4 Å².